The molecule has 0 atom stereocenters. The lowest BCUT2D eigenvalue weighted by atomic mass is 9.92. The normalized spacial score (nSPS) is 20.2. The quantitative estimate of drug-likeness (QED) is 0.881. The van der Waals surface area contributed by atoms with Crippen molar-refractivity contribution in [2.75, 3.05) is 6.54 Å². The van der Waals surface area contributed by atoms with Crippen LogP contribution in [0, 0.1) is 0 Å². The van der Waals surface area contributed by atoms with Crippen molar-refractivity contribution in [1.29, 1.82) is 0 Å². The Bertz CT molecular complexity index is 625. The molecule has 0 bridgehead atoms. The van der Waals surface area contributed by atoms with Crippen LogP contribution in [-0.2, 0) is 22.9 Å². The Labute approximate surface area is 139 Å². The average molecular weight is 345 g/mol. The number of fused-ring (bicyclic) bond motifs is 1. The maximum Gasteiger partial charge on any atom is 0.241 e. The molecule has 1 fully saturated rings. The lowest BCUT2D eigenvalue weighted by molar-refractivity contribution is 0.399. The van der Waals surface area contributed by atoms with Crippen LogP contribution in [0.15, 0.2) is 23.1 Å². The predicted molar refractivity (Wildman–Crippen MR) is 90.9 cm³/mol. The standard InChI is InChI=1S/C16H24N2O2S.ClH/c17-12-16(9-3-4-10-16)18-21(19,20)15-8-7-13-5-1-2-6-14(13)11-15;/h7-8,11,18H,1-6,9-10,12,17H2;1H. The minimum absolute atomic E-state index is 0. The summed E-state index contributed by atoms with van der Waals surface area (Å²) in [5, 5.41) is 0. The van der Waals surface area contributed by atoms with Crippen LogP contribution in [0.5, 0.6) is 0 Å². The van der Waals surface area contributed by atoms with Crippen molar-refractivity contribution in [2.45, 2.75) is 61.8 Å². The van der Waals surface area contributed by atoms with Crippen LogP contribution in [0.2, 0.25) is 0 Å². The third kappa shape index (κ3) is 3.48. The Kier molecular flexibility index (Phi) is 5.54. The summed E-state index contributed by atoms with van der Waals surface area (Å²) in [4.78, 5) is 0.392. The second-order valence-corrected chi connectivity index (χ2v) is 8.12. The van der Waals surface area contributed by atoms with Crippen LogP contribution in [0.3, 0.4) is 0 Å². The topological polar surface area (TPSA) is 72.2 Å². The van der Waals surface area contributed by atoms with E-state index in [2.05, 4.69) is 4.72 Å². The van der Waals surface area contributed by atoms with E-state index in [1.807, 2.05) is 12.1 Å². The van der Waals surface area contributed by atoms with Crippen LogP contribution in [0.1, 0.15) is 49.7 Å². The summed E-state index contributed by atoms with van der Waals surface area (Å²) < 4.78 is 28.2. The van der Waals surface area contributed by atoms with E-state index in [0.29, 0.717) is 11.4 Å². The van der Waals surface area contributed by atoms with Crippen LogP contribution >= 0.6 is 12.4 Å². The third-order valence-electron chi connectivity index (χ3n) is 4.93. The van der Waals surface area contributed by atoms with Gasteiger partial charge in [-0.2, -0.15) is 0 Å². The highest BCUT2D eigenvalue weighted by Gasteiger charge is 2.36. The van der Waals surface area contributed by atoms with E-state index < -0.39 is 15.6 Å². The van der Waals surface area contributed by atoms with Gasteiger partial charge >= 0.3 is 0 Å². The molecule has 22 heavy (non-hydrogen) atoms. The maximum absolute atomic E-state index is 12.7. The van der Waals surface area contributed by atoms with Gasteiger partial charge in [-0.15, -0.1) is 12.4 Å². The highest BCUT2D eigenvalue weighted by atomic mass is 35.5. The molecule has 4 nitrogen and oxygen atoms in total. The van der Waals surface area contributed by atoms with Gasteiger partial charge in [0.2, 0.25) is 10.0 Å². The summed E-state index contributed by atoms with van der Waals surface area (Å²) in [6, 6.07) is 5.58. The highest BCUT2D eigenvalue weighted by molar-refractivity contribution is 7.89. The molecule has 0 unspecified atom stereocenters. The Morgan fingerprint density at radius 2 is 1.68 bits per heavy atom. The number of nitrogens with two attached hydrogens (primary N) is 1. The molecule has 6 heteroatoms. The van der Waals surface area contributed by atoms with Crippen molar-refractivity contribution < 1.29 is 8.42 Å². The second kappa shape index (κ2) is 6.87. The van der Waals surface area contributed by atoms with Gasteiger partial charge in [0.15, 0.2) is 0 Å². The van der Waals surface area contributed by atoms with Crippen molar-refractivity contribution in [3.63, 3.8) is 0 Å². The van der Waals surface area contributed by atoms with Gasteiger partial charge in [0, 0.05) is 12.1 Å². The van der Waals surface area contributed by atoms with Gasteiger partial charge in [-0.25, -0.2) is 13.1 Å². The summed E-state index contributed by atoms with van der Waals surface area (Å²) in [7, 11) is -3.48. The van der Waals surface area contributed by atoms with Crippen molar-refractivity contribution in [3.8, 4) is 0 Å². The molecule has 0 aromatic heterocycles. The van der Waals surface area contributed by atoms with Gasteiger partial charge in [0.05, 0.1) is 4.90 Å². The van der Waals surface area contributed by atoms with Crippen LogP contribution in [0.25, 0.3) is 0 Å². The SMILES string of the molecule is Cl.NCC1(NS(=O)(=O)c2ccc3c(c2)CCCC3)CCCC1. The first-order valence-corrected chi connectivity index (χ1v) is 9.39. The first-order chi connectivity index (χ1) is 10.0. The molecule has 0 spiro atoms. The molecule has 3 N–H and O–H groups in total. The Morgan fingerprint density at radius 1 is 1.05 bits per heavy atom. The first kappa shape index (κ1) is 17.7. The number of halogens is 1. The van der Waals surface area contributed by atoms with E-state index in [0.717, 1.165) is 44.9 Å². The summed E-state index contributed by atoms with van der Waals surface area (Å²) in [5.74, 6) is 0. The maximum atomic E-state index is 12.7. The molecule has 1 saturated carbocycles. The molecule has 2 aliphatic rings. The van der Waals surface area contributed by atoms with Crippen molar-refractivity contribution in [1.82, 2.24) is 4.72 Å². The summed E-state index contributed by atoms with van der Waals surface area (Å²) >= 11 is 0. The minimum Gasteiger partial charge on any atom is -0.329 e. The molecule has 1 aromatic carbocycles. The zero-order chi connectivity index (χ0) is 14.9. The van der Waals surface area contributed by atoms with Gasteiger partial charge in [0.1, 0.15) is 0 Å². The predicted octanol–water partition coefficient (Wildman–Crippen LogP) is 2.54. The number of benzene rings is 1. The van der Waals surface area contributed by atoms with E-state index in [1.54, 1.807) is 6.07 Å². The second-order valence-electron chi connectivity index (χ2n) is 6.43. The van der Waals surface area contributed by atoms with Crippen LogP contribution in [-0.4, -0.2) is 20.5 Å². The molecule has 0 amide bonds. The van der Waals surface area contributed by atoms with Crippen LogP contribution < -0.4 is 10.5 Å². The van der Waals surface area contributed by atoms with E-state index >= 15 is 0 Å². The molecule has 1 aromatic rings. The van der Waals surface area contributed by atoms with Crippen molar-refractivity contribution >= 4 is 22.4 Å². The molecule has 0 saturated heterocycles. The third-order valence-corrected chi connectivity index (χ3v) is 6.51. The number of hydrogen-bond acceptors (Lipinski definition) is 3. The Morgan fingerprint density at radius 3 is 2.32 bits per heavy atom. The van der Waals surface area contributed by atoms with Crippen molar-refractivity contribution in [3.05, 3.63) is 29.3 Å². The summed E-state index contributed by atoms with van der Waals surface area (Å²) in [6.07, 6.45) is 8.18. The Balaban J connectivity index is 0.00000176. The smallest absolute Gasteiger partial charge is 0.241 e. The molecular formula is C16H25ClN2O2S. The zero-order valence-corrected chi connectivity index (χ0v) is 14.4. The number of sulfonamides is 1. The number of nitrogens with one attached hydrogen (secondary N) is 1. The molecular weight excluding hydrogens is 320 g/mol. The molecule has 0 radical (unpaired) electrons. The van der Waals surface area contributed by atoms with Crippen LogP contribution in [0.4, 0.5) is 0 Å². The molecule has 2 aliphatic carbocycles. The minimum atomic E-state index is -3.48. The fourth-order valence-electron chi connectivity index (χ4n) is 3.62. The first-order valence-electron chi connectivity index (χ1n) is 7.91. The number of hydrogen-bond donors (Lipinski definition) is 2. The highest BCUT2D eigenvalue weighted by Crippen LogP contribution is 2.31. The van der Waals surface area contributed by atoms with E-state index in [1.165, 1.54) is 17.5 Å². The van der Waals surface area contributed by atoms with E-state index in [-0.39, 0.29) is 12.4 Å². The van der Waals surface area contributed by atoms with Gasteiger partial charge in [-0.3, -0.25) is 0 Å². The fourth-order valence-corrected chi connectivity index (χ4v) is 5.14. The lowest BCUT2D eigenvalue weighted by Crippen LogP contribution is -2.51. The van der Waals surface area contributed by atoms with Gasteiger partial charge in [-0.1, -0.05) is 18.9 Å². The van der Waals surface area contributed by atoms with Crippen molar-refractivity contribution in [2.24, 2.45) is 5.73 Å². The largest absolute Gasteiger partial charge is 0.329 e. The molecule has 3 rings (SSSR count). The van der Waals surface area contributed by atoms with Gasteiger partial charge in [-0.05, 0) is 61.8 Å². The number of aryl methyl sites for hydroxylation is 2. The van der Waals surface area contributed by atoms with E-state index in [4.69, 9.17) is 5.73 Å². The number of rotatable bonds is 4. The molecule has 124 valence electrons. The lowest BCUT2D eigenvalue weighted by Gasteiger charge is -2.28. The molecule has 0 aliphatic heterocycles. The summed E-state index contributed by atoms with van der Waals surface area (Å²) in [5.41, 5.74) is 7.89. The summed E-state index contributed by atoms with van der Waals surface area (Å²) in [6.45, 7) is 0.372. The van der Waals surface area contributed by atoms with Gasteiger partial charge in [0.25, 0.3) is 0 Å². The average Bonchev–Trinajstić information content (AvgIpc) is 2.95. The fraction of sp³-hybridized carbons (Fsp3) is 0.625. The van der Waals surface area contributed by atoms with E-state index in [9.17, 15) is 8.42 Å². The van der Waals surface area contributed by atoms with Gasteiger partial charge < -0.3 is 5.73 Å². The molecule has 0 heterocycles. The monoisotopic (exact) mass is 344 g/mol. The Hall–Kier alpha value is -0.620. The zero-order valence-electron chi connectivity index (χ0n) is 12.8.